The number of carbonyl (C=O) groups is 3. The molecule has 0 saturated heterocycles. The van der Waals surface area contributed by atoms with Crippen LogP contribution in [0.3, 0.4) is 0 Å². The van der Waals surface area contributed by atoms with E-state index in [4.69, 9.17) is 14.2 Å². The normalized spacial score (nSPS) is 12.8. The summed E-state index contributed by atoms with van der Waals surface area (Å²) < 4.78 is 16.8. The SMILES string of the molecule is CC/C=C\C/C=C\C/C=C\C/C=C\CCCCC(=O)OC(COC(=O)CCCCC/C=C\C/C=C\C/C=C\CC)COC(=O)CCCCCCCCCCCCCCCCCCCCCCC/C=C\C/C=C\CCCCCCC. The van der Waals surface area contributed by atoms with Gasteiger partial charge in [0, 0.05) is 19.3 Å². The number of hydrogen-bond donors (Lipinski definition) is 0. The molecule has 0 aliphatic heterocycles. The van der Waals surface area contributed by atoms with Gasteiger partial charge in [0.15, 0.2) is 6.10 Å². The Bertz CT molecular complexity index is 1590. The molecular weight excluding hydrogens is 973 g/mol. The second-order valence-electron chi connectivity index (χ2n) is 22.0. The molecule has 0 aliphatic carbocycles. The fraction of sp³-hybridized carbons (Fsp3) is 0.712. The van der Waals surface area contributed by atoms with Crippen LogP contribution in [0.1, 0.15) is 316 Å². The summed E-state index contributed by atoms with van der Waals surface area (Å²) in [5.74, 6) is -0.969. The molecule has 0 heterocycles. The molecule has 0 aliphatic rings. The maximum Gasteiger partial charge on any atom is 0.306 e. The first-order valence-corrected chi connectivity index (χ1v) is 33.4. The Hall–Kier alpha value is -3.93. The smallest absolute Gasteiger partial charge is 0.306 e. The van der Waals surface area contributed by atoms with Gasteiger partial charge in [-0.05, 0) is 122 Å². The van der Waals surface area contributed by atoms with Crippen LogP contribution in [0.15, 0.2) is 109 Å². The minimum absolute atomic E-state index is 0.103. The van der Waals surface area contributed by atoms with E-state index in [1.807, 2.05) is 0 Å². The molecule has 0 spiro atoms. The van der Waals surface area contributed by atoms with Crippen LogP contribution in [0.2, 0.25) is 0 Å². The summed E-state index contributed by atoms with van der Waals surface area (Å²) in [5.41, 5.74) is 0. The number of unbranched alkanes of at least 4 members (excludes halogenated alkanes) is 31. The van der Waals surface area contributed by atoms with Crippen LogP contribution in [0.4, 0.5) is 0 Å². The molecule has 452 valence electrons. The van der Waals surface area contributed by atoms with Crippen LogP contribution in [-0.4, -0.2) is 37.2 Å². The third kappa shape index (κ3) is 64.8. The molecule has 0 N–H and O–H groups in total. The van der Waals surface area contributed by atoms with Crippen LogP contribution in [0.25, 0.3) is 0 Å². The Morgan fingerprint density at radius 3 is 0.810 bits per heavy atom. The Morgan fingerprint density at radius 1 is 0.266 bits per heavy atom. The van der Waals surface area contributed by atoms with Gasteiger partial charge in [0.1, 0.15) is 13.2 Å². The van der Waals surface area contributed by atoms with Gasteiger partial charge in [0.25, 0.3) is 0 Å². The lowest BCUT2D eigenvalue weighted by atomic mass is 10.0. The summed E-state index contributed by atoms with van der Waals surface area (Å²) in [5, 5.41) is 0. The summed E-state index contributed by atoms with van der Waals surface area (Å²) in [7, 11) is 0. The standard InChI is InChI=1S/C73H124O6/c1-4-7-10-13-16-19-22-25-27-28-29-30-31-32-33-34-35-36-37-38-39-40-41-42-43-44-46-48-51-54-57-60-63-66-72(75)78-69-70(68-77-71(74)65-62-59-56-53-50-47-24-21-18-15-12-9-6-3)79-73(76)67-64-61-58-55-52-49-45-26-23-20-17-14-11-8-5-2/h8-9,11-12,17-18,20-22,25-26,28-29,45,47,50,52,55,70H,4-7,10,13-16,19,23-24,27,30-44,46,48-49,51,53-54,56-69H2,1-3H3/b11-8-,12-9-,20-17-,21-18-,25-22-,29-28-,45-26-,50-47-,55-52-. The zero-order valence-corrected chi connectivity index (χ0v) is 51.9. The third-order valence-electron chi connectivity index (χ3n) is 14.2. The van der Waals surface area contributed by atoms with Crippen LogP contribution in [0.5, 0.6) is 0 Å². The van der Waals surface area contributed by atoms with E-state index in [9.17, 15) is 14.4 Å². The van der Waals surface area contributed by atoms with Crippen molar-refractivity contribution in [2.45, 2.75) is 322 Å². The van der Waals surface area contributed by atoms with Crippen molar-refractivity contribution in [1.29, 1.82) is 0 Å². The summed E-state index contributed by atoms with van der Waals surface area (Å²) in [4.78, 5) is 38.2. The Labute approximate surface area is 489 Å². The van der Waals surface area contributed by atoms with E-state index >= 15 is 0 Å². The lowest BCUT2D eigenvalue weighted by Gasteiger charge is -2.18. The second-order valence-corrected chi connectivity index (χ2v) is 22.0. The molecule has 6 heteroatoms. The lowest BCUT2D eigenvalue weighted by Crippen LogP contribution is -2.30. The van der Waals surface area contributed by atoms with Crippen LogP contribution in [-0.2, 0) is 28.6 Å². The minimum atomic E-state index is -0.813. The van der Waals surface area contributed by atoms with Gasteiger partial charge in [-0.15, -0.1) is 0 Å². The fourth-order valence-corrected chi connectivity index (χ4v) is 9.30. The number of allylic oxidation sites excluding steroid dienone is 18. The van der Waals surface area contributed by atoms with Crippen molar-refractivity contribution in [3.63, 3.8) is 0 Å². The minimum Gasteiger partial charge on any atom is -0.462 e. The third-order valence-corrected chi connectivity index (χ3v) is 14.2. The highest BCUT2D eigenvalue weighted by molar-refractivity contribution is 5.71. The van der Waals surface area contributed by atoms with E-state index in [1.165, 1.54) is 161 Å². The van der Waals surface area contributed by atoms with Crippen molar-refractivity contribution in [3.05, 3.63) is 109 Å². The molecule has 1 atom stereocenters. The average Bonchev–Trinajstić information content (AvgIpc) is 3.45. The maximum absolute atomic E-state index is 12.9. The van der Waals surface area contributed by atoms with Gasteiger partial charge in [-0.2, -0.15) is 0 Å². The molecule has 0 bridgehead atoms. The van der Waals surface area contributed by atoms with Crippen molar-refractivity contribution in [2.75, 3.05) is 13.2 Å². The van der Waals surface area contributed by atoms with Gasteiger partial charge >= 0.3 is 17.9 Å². The molecule has 6 nitrogen and oxygen atoms in total. The molecule has 79 heavy (non-hydrogen) atoms. The number of esters is 3. The molecule has 0 fully saturated rings. The Morgan fingerprint density at radius 2 is 0.494 bits per heavy atom. The molecule has 1 unspecified atom stereocenters. The predicted octanol–water partition coefficient (Wildman–Crippen LogP) is 23.0. The van der Waals surface area contributed by atoms with Gasteiger partial charge in [-0.25, -0.2) is 0 Å². The van der Waals surface area contributed by atoms with Crippen LogP contribution in [0, 0.1) is 0 Å². The molecule has 0 aromatic heterocycles. The molecule has 0 rings (SSSR count). The average molecular weight is 1100 g/mol. The number of ether oxygens (including phenoxy) is 3. The first kappa shape index (κ1) is 75.1. The molecule has 0 radical (unpaired) electrons. The summed E-state index contributed by atoms with van der Waals surface area (Å²) >= 11 is 0. The second kappa shape index (κ2) is 66.6. The summed E-state index contributed by atoms with van der Waals surface area (Å²) in [6, 6.07) is 0. The first-order valence-electron chi connectivity index (χ1n) is 33.4. The van der Waals surface area contributed by atoms with Crippen molar-refractivity contribution in [3.8, 4) is 0 Å². The van der Waals surface area contributed by atoms with Gasteiger partial charge in [0.05, 0.1) is 0 Å². The largest absolute Gasteiger partial charge is 0.462 e. The van der Waals surface area contributed by atoms with E-state index in [0.29, 0.717) is 19.3 Å². The van der Waals surface area contributed by atoms with Crippen molar-refractivity contribution in [2.24, 2.45) is 0 Å². The van der Waals surface area contributed by atoms with Gasteiger partial charge < -0.3 is 14.2 Å². The predicted molar refractivity (Wildman–Crippen MR) is 343 cm³/mol. The number of carbonyl (C=O) groups excluding carboxylic acids is 3. The number of hydrogen-bond acceptors (Lipinski definition) is 6. The van der Waals surface area contributed by atoms with Crippen molar-refractivity contribution in [1.82, 2.24) is 0 Å². The summed E-state index contributed by atoms with van der Waals surface area (Å²) in [6.07, 6.45) is 91.4. The highest BCUT2D eigenvalue weighted by Crippen LogP contribution is 2.17. The van der Waals surface area contributed by atoms with E-state index < -0.39 is 6.10 Å². The zero-order chi connectivity index (χ0) is 57.1. The van der Waals surface area contributed by atoms with Crippen molar-refractivity contribution < 1.29 is 28.6 Å². The molecule has 0 saturated carbocycles. The molecule has 0 amide bonds. The molecule has 0 aromatic rings. The highest BCUT2D eigenvalue weighted by Gasteiger charge is 2.19. The van der Waals surface area contributed by atoms with E-state index in [2.05, 4.69) is 130 Å². The van der Waals surface area contributed by atoms with E-state index in [-0.39, 0.29) is 37.5 Å². The van der Waals surface area contributed by atoms with Crippen LogP contribution < -0.4 is 0 Å². The Kier molecular flexibility index (Phi) is 63.3. The molecular formula is C73H124O6. The topological polar surface area (TPSA) is 78.9 Å². The quantitative estimate of drug-likeness (QED) is 0.0261. The van der Waals surface area contributed by atoms with Crippen LogP contribution >= 0.6 is 0 Å². The zero-order valence-electron chi connectivity index (χ0n) is 51.9. The summed E-state index contributed by atoms with van der Waals surface area (Å²) in [6.45, 7) is 6.36. The van der Waals surface area contributed by atoms with Crippen molar-refractivity contribution >= 4 is 17.9 Å². The monoisotopic (exact) mass is 1100 g/mol. The van der Waals surface area contributed by atoms with E-state index in [1.54, 1.807) is 0 Å². The maximum atomic E-state index is 12.9. The first-order chi connectivity index (χ1) is 39.0. The lowest BCUT2D eigenvalue weighted by molar-refractivity contribution is -0.167. The fourth-order valence-electron chi connectivity index (χ4n) is 9.30. The van der Waals surface area contributed by atoms with Gasteiger partial charge in [0.2, 0.25) is 0 Å². The molecule has 0 aromatic carbocycles. The Balaban J connectivity index is 4.17. The number of rotatable bonds is 60. The van der Waals surface area contributed by atoms with Gasteiger partial charge in [-0.1, -0.05) is 284 Å². The van der Waals surface area contributed by atoms with E-state index in [0.717, 1.165) is 109 Å². The highest BCUT2D eigenvalue weighted by atomic mass is 16.6. The van der Waals surface area contributed by atoms with Gasteiger partial charge in [-0.3, -0.25) is 14.4 Å².